The number of hydrogen-bond donors (Lipinski definition) is 1. The van der Waals surface area contributed by atoms with E-state index in [1.165, 1.54) is 27.8 Å². The quantitative estimate of drug-likeness (QED) is 0.868. The van der Waals surface area contributed by atoms with Crippen LogP contribution in [0.15, 0.2) is 42.5 Å². The highest BCUT2D eigenvalue weighted by Gasteiger charge is 2.14. The molecule has 0 atom stereocenters. The van der Waals surface area contributed by atoms with Crippen LogP contribution in [-0.4, -0.2) is 6.54 Å². The first-order valence-corrected chi connectivity index (χ1v) is 7.94. The van der Waals surface area contributed by atoms with Gasteiger partial charge in [0.1, 0.15) is 0 Å². The molecule has 0 radical (unpaired) electrons. The van der Waals surface area contributed by atoms with E-state index in [1.807, 2.05) is 0 Å². The number of hydrogen-bond acceptors (Lipinski definition) is 1. The molecule has 3 rings (SSSR count). The lowest BCUT2D eigenvalue weighted by atomic mass is 9.86. The minimum atomic E-state index is 0.231. The van der Waals surface area contributed by atoms with Crippen LogP contribution in [0.5, 0.6) is 0 Å². The third-order valence-corrected chi connectivity index (χ3v) is 4.46. The first-order chi connectivity index (χ1) is 10.0. The highest BCUT2D eigenvalue weighted by atomic mass is 14.9. The number of rotatable bonds is 2. The van der Waals surface area contributed by atoms with Crippen LogP contribution in [0.3, 0.4) is 0 Å². The van der Waals surface area contributed by atoms with Crippen molar-refractivity contribution in [1.29, 1.82) is 0 Å². The molecule has 0 unspecified atom stereocenters. The Balaban J connectivity index is 1.84. The van der Waals surface area contributed by atoms with Gasteiger partial charge in [-0.2, -0.15) is 0 Å². The van der Waals surface area contributed by atoms with E-state index < -0.39 is 0 Å². The van der Waals surface area contributed by atoms with Gasteiger partial charge in [0.05, 0.1) is 0 Å². The molecule has 1 heterocycles. The molecule has 0 bridgehead atoms. The van der Waals surface area contributed by atoms with Crippen molar-refractivity contribution in [3.63, 3.8) is 0 Å². The van der Waals surface area contributed by atoms with Gasteiger partial charge in [0.25, 0.3) is 0 Å². The Morgan fingerprint density at radius 3 is 2.48 bits per heavy atom. The van der Waals surface area contributed by atoms with Crippen molar-refractivity contribution in [2.45, 2.75) is 45.6 Å². The molecule has 2 aromatic carbocycles. The monoisotopic (exact) mass is 279 g/mol. The van der Waals surface area contributed by atoms with Crippen LogP contribution in [0.4, 0.5) is 0 Å². The van der Waals surface area contributed by atoms with E-state index in [9.17, 15) is 0 Å². The third-order valence-electron chi connectivity index (χ3n) is 4.46. The topological polar surface area (TPSA) is 12.0 Å². The van der Waals surface area contributed by atoms with E-state index in [1.54, 1.807) is 0 Å². The lowest BCUT2D eigenvalue weighted by Crippen LogP contribution is -2.24. The molecule has 1 aliphatic heterocycles. The average Bonchev–Trinajstić information content (AvgIpc) is 2.47. The molecule has 1 nitrogen and oxygen atoms in total. The normalized spacial score (nSPS) is 14.8. The maximum absolute atomic E-state index is 3.50. The van der Waals surface area contributed by atoms with Crippen molar-refractivity contribution in [3.8, 4) is 0 Å². The smallest absolute Gasteiger partial charge is 0.0211 e. The molecule has 0 spiro atoms. The second kappa shape index (κ2) is 5.65. The molecule has 0 fully saturated rings. The van der Waals surface area contributed by atoms with Crippen LogP contribution in [0.1, 0.15) is 48.6 Å². The molecule has 0 saturated heterocycles. The van der Waals surface area contributed by atoms with Gasteiger partial charge in [0.2, 0.25) is 0 Å². The Bertz CT molecular complexity index is 617. The molecule has 0 aliphatic carbocycles. The molecular weight excluding hydrogens is 254 g/mol. The van der Waals surface area contributed by atoms with E-state index in [0.717, 1.165) is 25.9 Å². The van der Waals surface area contributed by atoms with Crippen molar-refractivity contribution in [2.75, 3.05) is 6.54 Å². The standard InChI is InChI=1S/C20H25N/c1-20(2,3)18-9-7-15(8-10-18)13-17-6-4-5-16-11-12-21-14-19(16)17/h4-10,21H,11-14H2,1-3H3. The van der Waals surface area contributed by atoms with Crippen molar-refractivity contribution in [1.82, 2.24) is 5.32 Å². The van der Waals surface area contributed by atoms with Gasteiger partial charge in [-0.3, -0.25) is 0 Å². The van der Waals surface area contributed by atoms with E-state index >= 15 is 0 Å². The number of fused-ring (bicyclic) bond motifs is 1. The van der Waals surface area contributed by atoms with Crippen LogP contribution in [0, 0.1) is 0 Å². The molecule has 21 heavy (non-hydrogen) atoms. The second-order valence-corrected chi connectivity index (χ2v) is 7.11. The minimum absolute atomic E-state index is 0.231. The van der Waals surface area contributed by atoms with Crippen molar-refractivity contribution >= 4 is 0 Å². The lowest BCUT2D eigenvalue weighted by Gasteiger charge is -2.21. The fraction of sp³-hybridized carbons (Fsp3) is 0.400. The van der Waals surface area contributed by atoms with Gasteiger partial charge in [0.15, 0.2) is 0 Å². The largest absolute Gasteiger partial charge is 0.312 e. The van der Waals surface area contributed by atoms with Gasteiger partial charge in [-0.05, 0) is 52.6 Å². The molecule has 1 aliphatic rings. The Morgan fingerprint density at radius 1 is 1.00 bits per heavy atom. The summed E-state index contributed by atoms with van der Waals surface area (Å²) in [7, 11) is 0. The number of nitrogens with one attached hydrogen (secondary N) is 1. The molecule has 2 aromatic rings. The second-order valence-electron chi connectivity index (χ2n) is 7.11. The maximum atomic E-state index is 3.50. The fourth-order valence-corrected chi connectivity index (χ4v) is 3.09. The molecule has 1 heteroatoms. The van der Waals surface area contributed by atoms with Crippen LogP contribution in [-0.2, 0) is 24.8 Å². The molecule has 110 valence electrons. The van der Waals surface area contributed by atoms with Crippen molar-refractivity contribution in [2.24, 2.45) is 0 Å². The van der Waals surface area contributed by atoms with Gasteiger partial charge in [-0.25, -0.2) is 0 Å². The van der Waals surface area contributed by atoms with Crippen molar-refractivity contribution < 1.29 is 0 Å². The zero-order chi connectivity index (χ0) is 14.9. The zero-order valence-corrected chi connectivity index (χ0v) is 13.4. The average molecular weight is 279 g/mol. The molecule has 0 amide bonds. The van der Waals surface area contributed by atoms with E-state index in [4.69, 9.17) is 0 Å². The van der Waals surface area contributed by atoms with E-state index in [-0.39, 0.29) is 5.41 Å². The van der Waals surface area contributed by atoms with Gasteiger partial charge in [-0.15, -0.1) is 0 Å². The SMILES string of the molecule is CC(C)(C)c1ccc(Cc2cccc3c2CNCC3)cc1. The van der Waals surface area contributed by atoms with Gasteiger partial charge in [-0.1, -0.05) is 63.2 Å². The van der Waals surface area contributed by atoms with Gasteiger partial charge in [0, 0.05) is 6.54 Å². The van der Waals surface area contributed by atoms with Crippen molar-refractivity contribution in [3.05, 3.63) is 70.3 Å². The summed E-state index contributed by atoms with van der Waals surface area (Å²) in [5.74, 6) is 0. The molecule has 0 saturated carbocycles. The highest BCUT2D eigenvalue weighted by molar-refractivity contribution is 5.40. The number of benzene rings is 2. The zero-order valence-electron chi connectivity index (χ0n) is 13.4. The van der Waals surface area contributed by atoms with Crippen LogP contribution < -0.4 is 5.32 Å². The Morgan fingerprint density at radius 2 is 1.76 bits per heavy atom. The highest BCUT2D eigenvalue weighted by Crippen LogP contribution is 2.25. The fourth-order valence-electron chi connectivity index (χ4n) is 3.09. The Hall–Kier alpha value is -1.60. The Labute approximate surface area is 128 Å². The van der Waals surface area contributed by atoms with Crippen LogP contribution in [0.2, 0.25) is 0 Å². The summed E-state index contributed by atoms with van der Waals surface area (Å²) in [6, 6.07) is 15.9. The Kier molecular flexibility index (Phi) is 3.86. The molecular formula is C20H25N. The van der Waals surface area contributed by atoms with E-state index in [0.29, 0.717) is 0 Å². The lowest BCUT2D eigenvalue weighted by molar-refractivity contribution is 0.590. The molecule has 1 N–H and O–H groups in total. The van der Waals surface area contributed by atoms with Crippen LogP contribution in [0.25, 0.3) is 0 Å². The summed E-state index contributed by atoms with van der Waals surface area (Å²) < 4.78 is 0. The summed E-state index contributed by atoms with van der Waals surface area (Å²) in [4.78, 5) is 0. The predicted octanol–water partition coefficient (Wildman–Crippen LogP) is 4.22. The first-order valence-electron chi connectivity index (χ1n) is 7.94. The summed E-state index contributed by atoms with van der Waals surface area (Å²) >= 11 is 0. The summed E-state index contributed by atoms with van der Waals surface area (Å²) in [6.45, 7) is 8.92. The summed E-state index contributed by atoms with van der Waals surface area (Å²) in [5.41, 5.74) is 7.56. The maximum Gasteiger partial charge on any atom is 0.0211 e. The minimum Gasteiger partial charge on any atom is -0.312 e. The molecule has 0 aromatic heterocycles. The summed E-state index contributed by atoms with van der Waals surface area (Å²) in [5, 5.41) is 3.50. The van der Waals surface area contributed by atoms with Crippen LogP contribution >= 0.6 is 0 Å². The summed E-state index contributed by atoms with van der Waals surface area (Å²) in [6.07, 6.45) is 2.20. The first kappa shape index (κ1) is 14.3. The van der Waals surface area contributed by atoms with Gasteiger partial charge >= 0.3 is 0 Å². The third kappa shape index (κ3) is 3.19. The van der Waals surface area contributed by atoms with Gasteiger partial charge < -0.3 is 5.32 Å². The predicted molar refractivity (Wildman–Crippen MR) is 89.8 cm³/mol. The van der Waals surface area contributed by atoms with E-state index in [2.05, 4.69) is 68.6 Å².